The first kappa shape index (κ1) is 13.2. The molecule has 0 radical (unpaired) electrons. The Morgan fingerprint density at radius 2 is 2.25 bits per heavy atom. The fraction of sp³-hybridized carbons (Fsp3) is 0.214. The Hall–Kier alpha value is -1.82. The average molecular weight is 339 g/mol. The number of ether oxygens (including phenoxy) is 1. The van der Waals surface area contributed by atoms with Crippen LogP contribution < -0.4 is 15.9 Å². The van der Waals surface area contributed by atoms with Crippen molar-refractivity contribution in [2.45, 2.75) is 19.1 Å². The lowest BCUT2D eigenvalue weighted by Crippen LogP contribution is -2.22. The maximum Gasteiger partial charge on any atom is 0.218 e. The maximum atomic E-state index is 13.1. The third-order valence-electron chi connectivity index (χ3n) is 3.24. The Balaban J connectivity index is 1.80. The highest BCUT2D eigenvalue weighted by atomic mass is 79.9. The molecule has 1 aromatic carbocycles. The Kier molecular flexibility index (Phi) is 3.25. The highest BCUT2D eigenvalue weighted by molar-refractivity contribution is 9.10. The molecule has 0 spiro atoms. The first-order valence-electron chi connectivity index (χ1n) is 6.13. The van der Waals surface area contributed by atoms with E-state index in [9.17, 15) is 9.18 Å². The standard InChI is InChI=1S/C14H12BrFN2O2/c15-11-6-18(7-12(17)14(11)19)5-10-4-8-3-9(16)1-2-13(8)20-10/h1-3,6-7,10H,4-5,17H2. The summed E-state index contributed by atoms with van der Waals surface area (Å²) in [6.45, 7) is 0.541. The number of hydrogen-bond donors (Lipinski definition) is 1. The molecule has 1 aliphatic heterocycles. The monoisotopic (exact) mass is 338 g/mol. The van der Waals surface area contributed by atoms with E-state index < -0.39 is 0 Å². The van der Waals surface area contributed by atoms with Gasteiger partial charge in [-0.3, -0.25) is 4.79 Å². The van der Waals surface area contributed by atoms with Crippen molar-refractivity contribution in [1.29, 1.82) is 0 Å². The largest absolute Gasteiger partial charge is 0.488 e. The minimum absolute atomic E-state index is 0.0967. The fourth-order valence-electron chi connectivity index (χ4n) is 2.35. The highest BCUT2D eigenvalue weighted by Crippen LogP contribution is 2.29. The summed E-state index contributed by atoms with van der Waals surface area (Å²) >= 11 is 3.18. The molecule has 1 aromatic heterocycles. The van der Waals surface area contributed by atoms with Gasteiger partial charge in [-0.2, -0.15) is 0 Å². The van der Waals surface area contributed by atoms with Crippen LogP contribution in [0.1, 0.15) is 5.56 Å². The van der Waals surface area contributed by atoms with Crippen molar-refractivity contribution in [3.05, 3.63) is 56.7 Å². The third kappa shape index (κ3) is 2.43. The van der Waals surface area contributed by atoms with Crippen LogP contribution in [0.3, 0.4) is 0 Å². The molecular weight excluding hydrogens is 327 g/mol. The Morgan fingerprint density at radius 3 is 3.00 bits per heavy atom. The average Bonchev–Trinajstić information content (AvgIpc) is 2.77. The molecule has 20 heavy (non-hydrogen) atoms. The number of rotatable bonds is 2. The van der Waals surface area contributed by atoms with Gasteiger partial charge >= 0.3 is 0 Å². The van der Waals surface area contributed by atoms with Gasteiger partial charge in [-0.1, -0.05) is 0 Å². The summed E-state index contributed by atoms with van der Waals surface area (Å²) in [7, 11) is 0. The van der Waals surface area contributed by atoms with Crippen LogP contribution in [0.4, 0.5) is 10.1 Å². The van der Waals surface area contributed by atoms with Gasteiger partial charge in [0.15, 0.2) is 0 Å². The predicted octanol–water partition coefficient (Wildman–Crippen LogP) is 2.34. The molecule has 6 heteroatoms. The molecule has 0 saturated carbocycles. The Labute approximate surface area is 123 Å². The Bertz CT molecular complexity index is 703. The SMILES string of the molecule is Nc1cn(CC2Cc3cc(F)ccc3O2)cc(Br)c1=O. The van der Waals surface area contributed by atoms with Crippen LogP contribution in [-0.2, 0) is 13.0 Å². The molecule has 0 aliphatic carbocycles. The van der Waals surface area contributed by atoms with Gasteiger partial charge in [0.25, 0.3) is 0 Å². The summed E-state index contributed by atoms with van der Waals surface area (Å²) in [5.74, 6) is 0.452. The van der Waals surface area contributed by atoms with E-state index >= 15 is 0 Å². The van der Waals surface area contributed by atoms with E-state index in [1.165, 1.54) is 12.1 Å². The predicted molar refractivity (Wildman–Crippen MR) is 77.3 cm³/mol. The van der Waals surface area contributed by atoms with Crippen LogP contribution in [0.25, 0.3) is 0 Å². The lowest BCUT2D eigenvalue weighted by Gasteiger charge is -2.14. The highest BCUT2D eigenvalue weighted by Gasteiger charge is 2.23. The molecule has 1 unspecified atom stereocenters. The molecule has 4 nitrogen and oxygen atoms in total. The minimum atomic E-state index is -0.261. The molecule has 0 saturated heterocycles. The van der Waals surface area contributed by atoms with Gasteiger partial charge in [0, 0.05) is 24.4 Å². The zero-order chi connectivity index (χ0) is 14.3. The quantitative estimate of drug-likeness (QED) is 0.914. The van der Waals surface area contributed by atoms with Gasteiger partial charge in [-0.15, -0.1) is 0 Å². The summed E-state index contributed by atoms with van der Waals surface area (Å²) in [6, 6.07) is 4.51. The number of anilines is 1. The van der Waals surface area contributed by atoms with Crippen molar-refractivity contribution >= 4 is 21.6 Å². The lowest BCUT2D eigenvalue weighted by molar-refractivity contribution is 0.209. The van der Waals surface area contributed by atoms with E-state index in [1.54, 1.807) is 23.0 Å². The lowest BCUT2D eigenvalue weighted by atomic mass is 10.1. The normalized spacial score (nSPS) is 16.8. The number of pyridine rings is 1. The molecule has 2 N–H and O–H groups in total. The molecule has 104 valence electrons. The number of nitrogens with zero attached hydrogens (tertiary/aromatic N) is 1. The van der Waals surface area contributed by atoms with E-state index in [1.807, 2.05) is 0 Å². The summed E-state index contributed by atoms with van der Waals surface area (Å²) in [6.07, 6.45) is 3.79. The van der Waals surface area contributed by atoms with Gasteiger partial charge < -0.3 is 15.0 Å². The van der Waals surface area contributed by atoms with Gasteiger partial charge in [-0.25, -0.2) is 4.39 Å². The fourth-order valence-corrected chi connectivity index (χ4v) is 2.84. The summed E-state index contributed by atoms with van der Waals surface area (Å²) < 4.78 is 21.1. The van der Waals surface area contributed by atoms with Crippen LogP contribution in [-0.4, -0.2) is 10.7 Å². The van der Waals surface area contributed by atoms with E-state index in [0.717, 1.165) is 5.56 Å². The van der Waals surface area contributed by atoms with Crippen molar-refractivity contribution < 1.29 is 9.13 Å². The molecule has 2 aromatic rings. The maximum absolute atomic E-state index is 13.1. The van der Waals surface area contributed by atoms with Crippen molar-refractivity contribution in [2.24, 2.45) is 0 Å². The number of nitrogens with two attached hydrogens (primary N) is 1. The van der Waals surface area contributed by atoms with E-state index in [2.05, 4.69) is 15.9 Å². The molecular formula is C14H12BrFN2O2. The second-order valence-electron chi connectivity index (χ2n) is 4.78. The van der Waals surface area contributed by atoms with E-state index in [-0.39, 0.29) is 23.0 Å². The number of aromatic nitrogens is 1. The molecule has 3 rings (SSSR count). The van der Waals surface area contributed by atoms with Crippen LogP contribution >= 0.6 is 15.9 Å². The first-order valence-corrected chi connectivity index (χ1v) is 6.92. The molecule has 0 amide bonds. The molecule has 0 bridgehead atoms. The first-order chi connectivity index (χ1) is 9.52. The van der Waals surface area contributed by atoms with Crippen LogP contribution in [0.5, 0.6) is 5.75 Å². The number of benzene rings is 1. The molecule has 1 atom stereocenters. The van der Waals surface area contributed by atoms with Crippen molar-refractivity contribution in [3.63, 3.8) is 0 Å². The van der Waals surface area contributed by atoms with Crippen molar-refractivity contribution in [3.8, 4) is 5.75 Å². The second kappa shape index (κ2) is 4.94. The Morgan fingerprint density at radius 1 is 1.45 bits per heavy atom. The third-order valence-corrected chi connectivity index (χ3v) is 3.81. The number of hydrogen-bond acceptors (Lipinski definition) is 3. The van der Waals surface area contributed by atoms with E-state index in [0.29, 0.717) is 23.2 Å². The van der Waals surface area contributed by atoms with Gasteiger partial charge in [0.1, 0.15) is 17.7 Å². The van der Waals surface area contributed by atoms with Gasteiger partial charge in [-0.05, 0) is 34.1 Å². The summed E-state index contributed by atoms with van der Waals surface area (Å²) in [4.78, 5) is 11.5. The minimum Gasteiger partial charge on any atom is -0.488 e. The molecule has 2 heterocycles. The topological polar surface area (TPSA) is 57.2 Å². The van der Waals surface area contributed by atoms with E-state index in [4.69, 9.17) is 10.5 Å². The number of fused-ring (bicyclic) bond motifs is 1. The smallest absolute Gasteiger partial charge is 0.218 e. The van der Waals surface area contributed by atoms with Gasteiger partial charge in [0.2, 0.25) is 5.43 Å². The zero-order valence-electron chi connectivity index (χ0n) is 10.5. The molecule has 1 aliphatic rings. The second-order valence-corrected chi connectivity index (χ2v) is 5.64. The summed E-state index contributed by atoms with van der Waals surface area (Å²) in [5, 5.41) is 0. The van der Waals surface area contributed by atoms with Crippen LogP contribution in [0.15, 0.2) is 39.9 Å². The zero-order valence-corrected chi connectivity index (χ0v) is 12.1. The summed E-state index contributed by atoms with van der Waals surface area (Å²) in [5.41, 5.74) is 6.47. The molecule has 0 fully saturated rings. The van der Waals surface area contributed by atoms with Crippen molar-refractivity contribution in [1.82, 2.24) is 4.57 Å². The van der Waals surface area contributed by atoms with Crippen LogP contribution in [0.2, 0.25) is 0 Å². The van der Waals surface area contributed by atoms with Crippen molar-refractivity contribution in [2.75, 3.05) is 5.73 Å². The van der Waals surface area contributed by atoms with Gasteiger partial charge in [0.05, 0.1) is 16.7 Å². The van der Waals surface area contributed by atoms with Crippen LogP contribution in [0, 0.1) is 5.82 Å². The number of nitrogen functional groups attached to an aromatic ring is 1. The number of halogens is 2.